The minimum absolute atomic E-state index is 0.0353. The van der Waals surface area contributed by atoms with Gasteiger partial charge in [-0.05, 0) is 93.9 Å². The molecule has 2 heterocycles. The van der Waals surface area contributed by atoms with E-state index in [4.69, 9.17) is 23.1 Å². The molecule has 0 radical (unpaired) electrons. The zero-order valence-electron chi connectivity index (χ0n) is 35.5. The number of aliphatic hydroxyl groups is 2. The highest BCUT2D eigenvalue weighted by Crippen LogP contribution is 2.38. The second kappa shape index (κ2) is 21.1. The van der Waals surface area contributed by atoms with E-state index in [1.165, 1.54) is 6.92 Å². The molecule has 10 unspecified atom stereocenters. The molecule has 0 aliphatic carbocycles. The van der Waals surface area contributed by atoms with E-state index < -0.39 is 64.2 Å². The lowest BCUT2D eigenvalue weighted by molar-refractivity contribution is -0.165. The molecule has 306 valence electrons. The third-order valence-electron chi connectivity index (χ3n) is 12.2. The maximum atomic E-state index is 14.7. The molecule has 2 aliphatic rings. The van der Waals surface area contributed by atoms with Gasteiger partial charge < -0.3 is 33.3 Å². The Balaban J connectivity index is 2.64. The van der Waals surface area contributed by atoms with Crippen molar-refractivity contribution in [3.63, 3.8) is 0 Å². The number of carbonyl (C=O) groups excluding carboxylic acids is 2. The van der Waals surface area contributed by atoms with Crippen molar-refractivity contribution in [2.45, 2.75) is 206 Å². The summed E-state index contributed by atoms with van der Waals surface area (Å²) in [4.78, 5) is 27.0. The van der Waals surface area contributed by atoms with E-state index in [2.05, 4.69) is 55.4 Å². The van der Waals surface area contributed by atoms with Crippen molar-refractivity contribution in [2.24, 2.45) is 11.8 Å². The van der Waals surface area contributed by atoms with Crippen LogP contribution in [0.4, 0.5) is 0 Å². The first-order chi connectivity index (χ1) is 24.8. The summed E-state index contributed by atoms with van der Waals surface area (Å²) >= 11 is 0. The third-order valence-corrected chi connectivity index (χ3v) is 21.5. The number of ether oxygens (including phenoxy) is 3. The van der Waals surface area contributed by atoms with Crippen molar-refractivity contribution in [2.75, 3.05) is 0 Å². The smallest absolute Gasteiger partial charge is 0.337 e. The third kappa shape index (κ3) is 13.8. The fourth-order valence-corrected chi connectivity index (χ4v) is 13.5. The van der Waals surface area contributed by atoms with Crippen molar-refractivity contribution >= 4 is 28.6 Å². The second-order valence-electron chi connectivity index (χ2n) is 16.4. The Morgan fingerprint density at radius 1 is 1.02 bits per heavy atom. The molecule has 1 saturated heterocycles. The molecular weight excluding hydrogens is 705 g/mol. The first-order valence-electron chi connectivity index (χ1n) is 20.7. The molecule has 0 aromatic carbocycles. The van der Waals surface area contributed by atoms with Crippen molar-refractivity contribution in [1.82, 2.24) is 0 Å². The van der Waals surface area contributed by atoms with Crippen LogP contribution in [0.2, 0.25) is 36.3 Å². The molecule has 0 amide bonds. The van der Waals surface area contributed by atoms with Gasteiger partial charge in [0.2, 0.25) is 0 Å². The second-order valence-corrected chi connectivity index (χ2v) is 25.9. The van der Waals surface area contributed by atoms with Gasteiger partial charge >= 0.3 is 11.9 Å². The number of carbonyl (C=O) groups is 2. The Bertz CT molecular complexity index is 1220. The predicted octanol–water partition coefficient (Wildman–Crippen LogP) is 9.20. The maximum absolute atomic E-state index is 14.7. The molecule has 11 heteroatoms. The first-order valence-corrected chi connectivity index (χ1v) is 25.7. The van der Waals surface area contributed by atoms with Gasteiger partial charge in [-0.1, -0.05) is 93.0 Å². The van der Waals surface area contributed by atoms with Gasteiger partial charge in [0.25, 0.3) is 0 Å². The number of allylic oxidation sites excluding steroid dienone is 2. The van der Waals surface area contributed by atoms with Gasteiger partial charge in [0, 0.05) is 19.3 Å². The number of esters is 2. The average Bonchev–Trinajstić information content (AvgIpc) is 3.88. The van der Waals surface area contributed by atoms with E-state index in [1.54, 1.807) is 26.0 Å². The summed E-state index contributed by atoms with van der Waals surface area (Å²) in [5, 5.41) is 23.1. The normalized spacial score (nSPS) is 31.6. The monoisotopic (exact) mass is 781 g/mol. The lowest BCUT2D eigenvalue weighted by Gasteiger charge is -2.42. The fraction of sp³-hybridized carbons (Fsp3) is 0.810. The van der Waals surface area contributed by atoms with Crippen LogP contribution in [0, 0.1) is 11.8 Å². The van der Waals surface area contributed by atoms with Crippen LogP contribution < -0.4 is 0 Å². The summed E-state index contributed by atoms with van der Waals surface area (Å²) in [5.41, 5.74) is -1.74. The lowest BCUT2D eigenvalue weighted by Crippen LogP contribution is -2.54. The Hall–Kier alpha value is -1.61. The Morgan fingerprint density at radius 3 is 2.11 bits per heavy atom. The Morgan fingerprint density at radius 2 is 1.58 bits per heavy atom. The molecule has 9 nitrogen and oxygen atoms in total. The molecule has 0 saturated carbocycles. The lowest BCUT2D eigenvalue weighted by atomic mass is 9.88. The molecular formula is C42H76O9Si2. The van der Waals surface area contributed by atoms with E-state index in [1.807, 2.05) is 32.1 Å². The van der Waals surface area contributed by atoms with Gasteiger partial charge in [0.05, 0.1) is 23.9 Å². The first kappa shape index (κ1) is 47.5. The van der Waals surface area contributed by atoms with Gasteiger partial charge in [-0.2, -0.15) is 0 Å². The Kier molecular flexibility index (Phi) is 18.9. The Labute approximate surface area is 324 Å². The molecule has 10 atom stereocenters. The summed E-state index contributed by atoms with van der Waals surface area (Å²) < 4.78 is 32.3. The molecule has 0 aromatic rings. The summed E-state index contributed by atoms with van der Waals surface area (Å²) in [6.07, 6.45) is 9.24. The molecule has 2 rings (SSSR count). The number of rotatable bonds is 19. The number of hydrogen-bond acceptors (Lipinski definition) is 9. The minimum Gasteiger partial charge on any atom is -0.455 e. The van der Waals surface area contributed by atoms with Crippen LogP contribution in [0.3, 0.4) is 0 Å². The average molecular weight is 781 g/mol. The van der Waals surface area contributed by atoms with E-state index in [9.17, 15) is 19.8 Å². The molecule has 2 N–H and O–H groups in total. The van der Waals surface area contributed by atoms with Crippen LogP contribution in [0.15, 0.2) is 36.0 Å². The van der Waals surface area contributed by atoms with Crippen molar-refractivity contribution in [1.29, 1.82) is 0 Å². The zero-order chi connectivity index (χ0) is 40.2. The molecule has 2 aliphatic heterocycles. The van der Waals surface area contributed by atoms with Gasteiger partial charge in [0.15, 0.2) is 22.7 Å². The van der Waals surface area contributed by atoms with E-state index >= 15 is 0 Å². The van der Waals surface area contributed by atoms with Crippen LogP contribution in [-0.4, -0.2) is 86.6 Å². The molecule has 53 heavy (non-hydrogen) atoms. The van der Waals surface area contributed by atoms with Gasteiger partial charge in [-0.15, -0.1) is 0 Å². The van der Waals surface area contributed by atoms with Gasteiger partial charge in [-0.25, -0.2) is 4.79 Å². The van der Waals surface area contributed by atoms with E-state index in [0.717, 1.165) is 54.7 Å². The van der Waals surface area contributed by atoms with Crippen molar-refractivity contribution in [3.8, 4) is 0 Å². The summed E-state index contributed by atoms with van der Waals surface area (Å²) in [6, 6.07) is 5.18. The highest BCUT2D eigenvalue weighted by molar-refractivity contribution is 6.74. The fourth-order valence-electron chi connectivity index (χ4n) is 7.87. The van der Waals surface area contributed by atoms with Gasteiger partial charge in [0.1, 0.15) is 17.8 Å². The number of hydrogen-bond donors (Lipinski definition) is 2. The molecule has 1 fully saturated rings. The number of epoxide rings is 1. The van der Waals surface area contributed by atoms with Crippen molar-refractivity contribution in [3.05, 3.63) is 36.0 Å². The van der Waals surface area contributed by atoms with Crippen LogP contribution in [0.1, 0.15) is 122 Å². The van der Waals surface area contributed by atoms with Crippen molar-refractivity contribution < 1.29 is 42.9 Å². The van der Waals surface area contributed by atoms with Crippen LogP contribution in [0.5, 0.6) is 0 Å². The zero-order valence-corrected chi connectivity index (χ0v) is 37.5. The summed E-state index contributed by atoms with van der Waals surface area (Å²) in [7, 11) is -4.64. The SMILES string of the molecule is CCCC(C)C1OC1CC(C)(O)/C=C/C=C(\C)C1OC(=O)C(O[Si](CC)(CC)CC)C(O[Si](CC)(CC)CC)CCC(C)(O)C(OC(C)=O)/C=C/C1C. The molecule has 0 bridgehead atoms. The maximum Gasteiger partial charge on any atom is 0.337 e. The highest BCUT2D eigenvalue weighted by Gasteiger charge is 2.47. The van der Waals surface area contributed by atoms with Crippen LogP contribution in [0.25, 0.3) is 0 Å². The van der Waals surface area contributed by atoms with E-state index in [-0.39, 0.29) is 24.5 Å². The number of cyclic esters (lactones) is 1. The largest absolute Gasteiger partial charge is 0.455 e. The van der Waals surface area contributed by atoms with Gasteiger partial charge in [-0.3, -0.25) is 4.79 Å². The highest BCUT2D eigenvalue weighted by atomic mass is 28.4. The summed E-state index contributed by atoms with van der Waals surface area (Å²) in [6.45, 7) is 25.9. The van der Waals surface area contributed by atoms with Crippen LogP contribution in [-0.2, 0) is 32.7 Å². The quantitative estimate of drug-likeness (QED) is 0.0434. The summed E-state index contributed by atoms with van der Waals surface area (Å²) in [5.74, 6) is -0.855. The minimum atomic E-state index is -2.36. The van der Waals surface area contributed by atoms with Crippen LogP contribution >= 0.6 is 0 Å². The molecule has 0 aromatic heterocycles. The predicted molar refractivity (Wildman–Crippen MR) is 219 cm³/mol. The topological polar surface area (TPSA) is 124 Å². The van der Waals surface area contributed by atoms with E-state index in [0.29, 0.717) is 18.8 Å². The standard InChI is InChI=1S/C42H76O9Si2/c1-14-22-30(8)38-35(48-38)29-41(12,45)27-21-23-31(9)37-32(10)24-25-36(47-33(11)43)42(13,46)28-26-34(50-52(15-2,16-3)17-4)39(40(44)49-37)51-53(18-5,19-6)20-7/h21,23-25,27,30,32,34-39,45-46H,14-20,22,26,28-29H2,1-13H3/b25-24+,27-21+,31-23+. The molecule has 0 spiro atoms.